The molecule has 2 aromatic rings. The van der Waals surface area contributed by atoms with Gasteiger partial charge in [0.2, 0.25) is 5.91 Å². The first-order valence-corrected chi connectivity index (χ1v) is 7.13. The fourth-order valence-corrected chi connectivity index (χ4v) is 2.23. The first kappa shape index (κ1) is 13.9. The Hall–Kier alpha value is -1.54. The van der Waals surface area contributed by atoms with Gasteiger partial charge in [-0.15, -0.1) is 11.6 Å². The van der Waals surface area contributed by atoms with Crippen molar-refractivity contribution in [1.29, 1.82) is 0 Å². The van der Waals surface area contributed by atoms with E-state index in [1.807, 2.05) is 18.2 Å². The molecule has 2 nitrogen and oxygen atoms in total. The molecule has 0 atom stereocenters. The minimum atomic E-state index is 0.0739. The lowest BCUT2D eigenvalue weighted by Gasteiger charge is -2.06. The van der Waals surface area contributed by atoms with Gasteiger partial charge < -0.3 is 5.32 Å². The van der Waals surface area contributed by atoms with Crippen LogP contribution in [-0.2, 0) is 11.2 Å². The van der Waals surface area contributed by atoms with Gasteiger partial charge in [0, 0.05) is 12.4 Å². The maximum atomic E-state index is 11.8. The van der Waals surface area contributed by atoms with Gasteiger partial charge in [-0.05, 0) is 29.2 Å². The summed E-state index contributed by atoms with van der Waals surface area (Å²) in [6.07, 6.45) is 2.32. The zero-order valence-corrected chi connectivity index (χ0v) is 11.6. The lowest BCUT2D eigenvalue weighted by Crippen LogP contribution is -2.26. The van der Waals surface area contributed by atoms with Crippen molar-refractivity contribution in [3.63, 3.8) is 0 Å². The van der Waals surface area contributed by atoms with Crippen LogP contribution in [0.5, 0.6) is 0 Å². The summed E-state index contributed by atoms with van der Waals surface area (Å²) in [4.78, 5) is 11.8. The molecule has 1 amide bonds. The standard InChI is InChI=1S/C16H18ClNO/c17-9-3-4-10-18-16(19)12-13-7-8-14-5-1-2-6-15(14)11-13/h1-2,5-8,11H,3-4,9-10,12H2,(H,18,19). The monoisotopic (exact) mass is 275 g/mol. The molecular formula is C16H18ClNO. The number of benzene rings is 2. The van der Waals surface area contributed by atoms with E-state index in [4.69, 9.17) is 11.6 Å². The van der Waals surface area contributed by atoms with Gasteiger partial charge in [-0.25, -0.2) is 0 Å². The van der Waals surface area contributed by atoms with E-state index in [2.05, 4.69) is 29.6 Å². The van der Waals surface area contributed by atoms with Gasteiger partial charge in [0.05, 0.1) is 6.42 Å². The van der Waals surface area contributed by atoms with E-state index in [0.717, 1.165) is 18.4 Å². The Kier molecular flexibility index (Phi) is 5.22. The smallest absolute Gasteiger partial charge is 0.224 e. The molecular weight excluding hydrogens is 258 g/mol. The van der Waals surface area contributed by atoms with Crippen LogP contribution in [0.4, 0.5) is 0 Å². The molecule has 100 valence electrons. The molecule has 0 saturated carbocycles. The van der Waals surface area contributed by atoms with Crippen molar-refractivity contribution in [3.05, 3.63) is 48.0 Å². The number of unbranched alkanes of at least 4 members (excludes halogenated alkanes) is 1. The van der Waals surface area contributed by atoms with E-state index in [1.54, 1.807) is 0 Å². The number of carbonyl (C=O) groups excluding carboxylic acids is 1. The third-order valence-electron chi connectivity index (χ3n) is 3.06. The highest BCUT2D eigenvalue weighted by Gasteiger charge is 2.03. The number of halogens is 1. The summed E-state index contributed by atoms with van der Waals surface area (Å²) in [5.41, 5.74) is 1.05. The Labute approximate surface area is 118 Å². The first-order valence-electron chi connectivity index (χ1n) is 6.60. The van der Waals surface area contributed by atoms with Crippen LogP contribution in [0.15, 0.2) is 42.5 Å². The van der Waals surface area contributed by atoms with Crippen molar-refractivity contribution in [2.45, 2.75) is 19.3 Å². The minimum absolute atomic E-state index is 0.0739. The van der Waals surface area contributed by atoms with Crippen LogP contribution in [0, 0.1) is 0 Å². The molecule has 3 heteroatoms. The maximum Gasteiger partial charge on any atom is 0.224 e. The maximum absolute atomic E-state index is 11.8. The Bertz CT molecular complexity index is 553. The second kappa shape index (κ2) is 7.15. The molecule has 0 fully saturated rings. The second-order valence-corrected chi connectivity index (χ2v) is 4.98. The van der Waals surface area contributed by atoms with Gasteiger partial charge in [-0.3, -0.25) is 4.79 Å². The van der Waals surface area contributed by atoms with Gasteiger partial charge in [-0.1, -0.05) is 42.5 Å². The van der Waals surface area contributed by atoms with Crippen LogP contribution in [-0.4, -0.2) is 18.3 Å². The number of nitrogens with one attached hydrogen (secondary N) is 1. The van der Waals surface area contributed by atoms with Crippen LogP contribution >= 0.6 is 11.6 Å². The fourth-order valence-electron chi connectivity index (χ4n) is 2.04. The largest absolute Gasteiger partial charge is 0.356 e. The molecule has 0 bridgehead atoms. The van der Waals surface area contributed by atoms with Crippen LogP contribution in [0.1, 0.15) is 18.4 Å². The molecule has 0 aromatic heterocycles. The molecule has 0 heterocycles. The van der Waals surface area contributed by atoms with Crippen molar-refractivity contribution < 1.29 is 4.79 Å². The number of amides is 1. The molecule has 0 unspecified atom stereocenters. The number of rotatable bonds is 6. The third kappa shape index (κ3) is 4.25. The van der Waals surface area contributed by atoms with E-state index in [9.17, 15) is 4.79 Å². The Morgan fingerprint density at radius 3 is 2.63 bits per heavy atom. The summed E-state index contributed by atoms with van der Waals surface area (Å²) in [5, 5.41) is 5.29. The van der Waals surface area contributed by atoms with E-state index >= 15 is 0 Å². The zero-order chi connectivity index (χ0) is 13.5. The van der Waals surface area contributed by atoms with E-state index < -0.39 is 0 Å². The summed E-state index contributed by atoms with van der Waals surface area (Å²) in [6.45, 7) is 0.707. The number of fused-ring (bicyclic) bond motifs is 1. The fraction of sp³-hybridized carbons (Fsp3) is 0.312. The SMILES string of the molecule is O=C(Cc1ccc2ccccc2c1)NCCCCCl. The van der Waals surface area contributed by atoms with Gasteiger partial charge in [0.25, 0.3) is 0 Å². The van der Waals surface area contributed by atoms with Gasteiger partial charge in [0.1, 0.15) is 0 Å². The molecule has 0 spiro atoms. The van der Waals surface area contributed by atoms with Crippen LogP contribution in [0.25, 0.3) is 10.8 Å². The third-order valence-corrected chi connectivity index (χ3v) is 3.33. The highest BCUT2D eigenvalue weighted by molar-refractivity contribution is 6.17. The topological polar surface area (TPSA) is 29.1 Å². The summed E-state index contributed by atoms with van der Waals surface area (Å²) >= 11 is 5.59. The predicted octanol–water partition coefficient (Wildman–Crippen LogP) is 3.52. The van der Waals surface area contributed by atoms with Crippen LogP contribution < -0.4 is 5.32 Å². The molecule has 0 saturated heterocycles. The number of hydrogen-bond donors (Lipinski definition) is 1. The molecule has 19 heavy (non-hydrogen) atoms. The minimum Gasteiger partial charge on any atom is -0.356 e. The van der Waals surface area contributed by atoms with Crippen molar-refractivity contribution in [3.8, 4) is 0 Å². The van der Waals surface area contributed by atoms with Gasteiger partial charge in [0.15, 0.2) is 0 Å². The van der Waals surface area contributed by atoms with E-state index in [-0.39, 0.29) is 5.91 Å². The highest BCUT2D eigenvalue weighted by Crippen LogP contribution is 2.15. The second-order valence-electron chi connectivity index (χ2n) is 4.60. The van der Waals surface area contributed by atoms with Crippen LogP contribution in [0.2, 0.25) is 0 Å². The molecule has 2 aromatic carbocycles. The molecule has 0 aliphatic rings. The average Bonchev–Trinajstić information content (AvgIpc) is 2.43. The predicted molar refractivity (Wildman–Crippen MR) is 80.6 cm³/mol. The van der Waals surface area contributed by atoms with Gasteiger partial charge >= 0.3 is 0 Å². The Morgan fingerprint density at radius 2 is 1.84 bits per heavy atom. The number of carbonyl (C=O) groups is 1. The Balaban J connectivity index is 1.91. The summed E-state index contributed by atoms with van der Waals surface area (Å²) in [5.74, 6) is 0.727. The number of hydrogen-bond acceptors (Lipinski definition) is 1. The van der Waals surface area contributed by atoms with Crippen molar-refractivity contribution in [1.82, 2.24) is 5.32 Å². The van der Waals surface area contributed by atoms with Crippen molar-refractivity contribution in [2.24, 2.45) is 0 Å². The quantitative estimate of drug-likeness (QED) is 0.634. The average molecular weight is 276 g/mol. The normalized spacial score (nSPS) is 10.6. The Morgan fingerprint density at radius 1 is 1.05 bits per heavy atom. The lowest BCUT2D eigenvalue weighted by atomic mass is 10.0. The van der Waals surface area contributed by atoms with E-state index in [0.29, 0.717) is 18.8 Å². The summed E-state index contributed by atoms with van der Waals surface area (Å²) in [6, 6.07) is 14.3. The summed E-state index contributed by atoms with van der Waals surface area (Å²) in [7, 11) is 0. The molecule has 0 aliphatic heterocycles. The molecule has 2 rings (SSSR count). The molecule has 0 aliphatic carbocycles. The number of alkyl halides is 1. The highest BCUT2D eigenvalue weighted by atomic mass is 35.5. The van der Waals surface area contributed by atoms with E-state index in [1.165, 1.54) is 10.8 Å². The van der Waals surface area contributed by atoms with Gasteiger partial charge in [-0.2, -0.15) is 0 Å². The summed E-state index contributed by atoms with van der Waals surface area (Å²) < 4.78 is 0. The van der Waals surface area contributed by atoms with Crippen molar-refractivity contribution >= 4 is 28.3 Å². The first-order chi connectivity index (χ1) is 9.29. The van der Waals surface area contributed by atoms with Crippen LogP contribution in [0.3, 0.4) is 0 Å². The zero-order valence-electron chi connectivity index (χ0n) is 10.9. The molecule has 0 radical (unpaired) electrons. The van der Waals surface area contributed by atoms with Crippen molar-refractivity contribution in [2.75, 3.05) is 12.4 Å². The lowest BCUT2D eigenvalue weighted by molar-refractivity contribution is -0.120. The molecule has 1 N–H and O–H groups in total.